The fourth-order valence-electron chi connectivity index (χ4n) is 3.17. The van der Waals surface area contributed by atoms with Crippen LogP contribution in [0.25, 0.3) is 0 Å². The maximum atomic E-state index is 13.6. The van der Waals surface area contributed by atoms with Crippen LogP contribution < -0.4 is 9.47 Å². The molecule has 0 aliphatic carbocycles. The number of hydrogen-bond donors (Lipinski definition) is 0. The lowest BCUT2D eigenvalue weighted by Gasteiger charge is -2.24. The zero-order chi connectivity index (χ0) is 20.6. The van der Waals surface area contributed by atoms with Gasteiger partial charge in [0.2, 0.25) is 0 Å². The lowest BCUT2D eigenvalue weighted by Crippen LogP contribution is -2.32. The maximum absolute atomic E-state index is 13.6. The molecule has 0 atom stereocenters. The molecule has 0 heterocycles. The second-order valence-electron chi connectivity index (χ2n) is 6.65. The van der Waals surface area contributed by atoms with Gasteiger partial charge in [0, 0.05) is 18.7 Å². The highest BCUT2D eigenvalue weighted by Gasteiger charge is 2.17. The van der Waals surface area contributed by atoms with E-state index in [1.807, 2.05) is 48.5 Å². The van der Waals surface area contributed by atoms with Gasteiger partial charge in [-0.3, -0.25) is 4.79 Å². The van der Waals surface area contributed by atoms with Crippen LogP contribution in [-0.2, 0) is 13.0 Å². The van der Waals surface area contributed by atoms with E-state index in [0.717, 1.165) is 22.6 Å². The quantitative estimate of drug-likeness (QED) is 0.555. The number of methoxy groups -OCH3 is 2. The predicted octanol–water partition coefficient (Wildman–Crippen LogP) is 4.73. The Labute approximate surface area is 170 Å². The van der Waals surface area contributed by atoms with Gasteiger partial charge in [0.1, 0.15) is 17.3 Å². The van der Waals surface area contributed by atoms with Crippen LogP contribution in [0.4, 0.5) is 4.39 Å². The van der Waals surface area contributed by atoms with E-state index in [4.69, 9.17) is 9.47 Å². The Balaban J connectivity index is 1.82. The first kappa shape index (κ1) is 20.4. The predicted molar refractivity (Wildman–Crippen MR) is 111 cm³/mol. The van der Waals surface area contributed by atoms with Crippen molar-refractivity contribution in [1.29, 1.82) is 0 Å². The average Bonchev–Trinajstić information content (AvgIpc) is 2.76. The van der Waals surface area contributed by atoms with Gasteiger partial charge in [0.15, 0.2) is 0 Å². The molecule has 0 radical (unpaired) electrons. The zero-order valence-electron chi connectivity index (χ0n) is 16.6. The van der Waals surface area contributed by atoms with Gasteiger partial charge in [-0.1, -0.05) is 36.4 Å². The molecule has 4 nitrogen and oxygen atoms in total. The lowest BCUT2D eigenvalue weighted by atomic mass is 10.1. The molecule has 0 saturated heterocycles. The molecule has 0 unspecified atom stereocenters. The largest absolute Gasteiger partial charge is 0.497 e. The third-order valence-corrected chi connectivity index (χ3v) is 4.73. The summed E-state index contributed by atoms with van der Waals surface area (Å²) in [7, 11) is 3.24. The van der Waals surface area contributed by atoms with Gasteiger partial charge < -0.3 is 14.4 Å². The van der Waals surface area contributed by atoms with E-state index in [1.165, 1.54) is 12.1 Å². The van der Waals surface area contributed by atoms with Gasteiger partial charge >= 0.3 is 0 Å². The van der Waals surface area contributed by atoms with Gasteiger partial charge in [-0.05, 0) is 53.9 Å². The number of para-hydroxylation sites is 1. The smallest absolute Gasteiger partial charge is 0.254 e. The van der Waals surface area contributed by atoms with Crippen LogP contribution in [-0.4, -0.2) is 31.6 Å². The summed E-state index contributed by atoms with van der Waals surface area (Å²) in [4.78, 5) is 14.8. The number of amides is 1. The van der Waals surface area contributed by atoms with Crippen molar-refractivity contribution in [3.63, 3.8) is 0 Å². The first-order valence-corrected chi connectivity index (χ1v) is 9.40. The van der Waals surface area contributed by atoms with E-state index in [-0.39, 0.29) is 5.91 Å². The van der Waals surface area contributed by atoms with Crippen molar-refractivity contribution in [3.05, 3.63) is 95.3 Å². The Morgan fingerprint density at radius 1 is 0.931 bits per heavy atom. The molecule has 150 valence electrons. The summed E-state index contributed by atoms with van der Waals surface area (Å²) in [5, 5.41) is 0. The van der Waals surface area contributed by atoms with E-state index in [9.17, 15) is 9.18 Å². The SMILES string of the molecule is COc1ccc(CN(CCc2ccccc2OC)C(=O)c2cccc(F)c2)cc1. The number of rotatable bonds is 8. The minimum atomic E-state index is -0.426. The molecule has 1 amide bonds. The fraction of sp³-hybridized carbons (Fsp3) is 0.208. The summed E-state index contributed by atoms with van der Waals surface area (Å²) in [5.74, 6) is 0.904. The molecule has 0 aliphatic rings. The molecule has 0 bridgehead atoms. The molecule has 29 heavy (non-hydrogen) atoms. The van der Waals surface area contributed by atoms with Crippen molar-refractivity contribution >= 4 is 5.91 Å². The highest BCUT2D eigenvalue weighted by Crippen LogP contribution is 2.20. The molecular formula is C24H24FNO3. The van der Waals surface area contributed by atoms with Gasteiger partial charge in [0.05, 0.1) is 14.2 Å². The zero-order valence-corrected chi connectivity index (χ0v) is 16.6. The third kappa shape index (κ3) is 5.35. The summed E-state index contributed by atoms with van der Waals surface area (Å²) in [6, 6.07) is 21.1. The molecule has 0 aliphatic heterocycles. The molecule has 3 aromatic carbocycles. The van der Waals surface area contributed by atoms with Gasteiger partial charge in [0.25, 0.3) is 5.91 Å². The number of nitrogens with zero attached hydrogens (tertiary/aromatic N) is 1. The normalized spacial score (nSPS) is 10.4. The lowest BCUT2D eigenvalue weighted by molar-refractivity contribution is 0.0744. The Morgan fingerprint density at radius 2 is 1.69 bits per heavy atom. The van der Waals surface area contributed by atoms with Gasteiger partial charge in [-0.25, -0.2) is 4.39 Å². The Hall–Kier alpha value is -3.34. The Kier molecular flexibility index (Phi) is 6.85. The monoisotopic (exact) mass is 393 g/mol. The van der Waals surface area contributed by atoms with Crippen LogP contribution in [0, 0.1) is 5.82 Å². The average molecular weight is 393 g/mol. The highest BCUT2D eigenvalue weighted by molar-refractivity contribution is 5.94. The summed E-state index contributed by atoms with van der Waals surface area (Å²) in [6.45, 7) is 0.885. The molecule has 0 fully saturated rings. The van der Waals surface area contributed by atoms with Crippen LogP contribution >= 0.6 is 0 Å². The molecule has 0 N–H and O–H groups in total. The molecule has 0 spiro atoms. The Morgan fingerprint density at radius 3 is 2.38 bits per heavy atom. The number of hydrogen-bond acceptors (Lipinski definition) is 3. The first-order chi connectivity index (χ1) is 14.1. The topological polar surface area (TPSA) is 38.8 Å². The van der Waals surface area contributed by atoms with Crippen molar-refractivity contribution in [3.8, 4) is 11.5 Å². The number of halogens is 1. The van der Waals surface area contributed by atoms with Crippen LogP contribution in [0.3, 0.4) is 0 Å². The van der Waals surface area contributed by atoms with Crippen molar-refractivity contribution in [2.45, 2.75) is 13.0 Å². The summed E-state index contributed by atoms with van der Waals surface area (Å²) in [5.41, 5.74) is 2.32. The highest BCUT2D eigenvalue weighted by atomic mass is 19.1. The molecule has 5 heteroatoms. The fourth-order valence-corrected chi connectivity index (χ4v) is 3.17. The van der Waals surface area contributed by atoms with Crippen molar-refractivity contribution in [2.24, 2.45) is 0 Å². The van der Waals surface area contributed by atoms with E-state index < -0.39 is 5.82 Å². The van der Waals surface area contributed by atoms with Crippen molar-refractivity contribution in [2.75, 3.05) is 20.8 Å². The van der Waals surface area contributed by atoms with E-state index >= 15 is 0 Å². The Bertz CT molecular complexity index is 956. The second-order valence-corrected chi connectivity index (χ2v) is 6.65. The second kappa shape index (κ2) is 9.73. The van der Waals surface area contributed by atoms with E-state index in [1.54, 1.807) is 31.3 Å². The third-order valence-electron chi connectivity index (χ3n) is 4.73. The number of carbonyl (C=O) groups is 1. The minimum Gasteiger partial charge on any atom is -0.497 e. The number of carbonyl (C=O) groups excluding carboxylic acids is 1. The molecule has 3 rings (SSSR count). The standard InChI is InChI=1S/C24H24FNO3/c1-28-22-12-10-18(11-13-22)17-26(24(27)20-7-5-8-21(25)16-20)15-14-19-6-3-4-9-23(19)29-2/h3-13,16H,14-15,17H2,1-2H3. The van der Waals surface area contributed by atoms with Crippen LogP contribution in [0.1, 0.15) is 21.5 Å². The molecule has 0 aromatic heterocycles. The van der Waals surface area contributed by atoms with Crippen LogP contribution in [0.5, 0.6) is 11.5 Å². The summed E-state index contributed by atoms with van der Waals surface area (Å²) < 4.78 is 24.3. The maximum Gasteiger partial charge on any atom is 0.254 e. The van der Waals surface area contributed by atoms with Gasteiger partial charge in [-0.15, -0.1) is 0 Å². The first-order valence-electron chi connectivity index (χ1n) is 9.40. The van der Waals surface area contributed by atoms with Gasteiger partial charge in [-0.2, -0.15) is 0 Å². The number of benzene rings is 3. The molecular weight excluding hydrogens is 369 g/mol. The summed E-state index contributed by atoms with van der Waals surface area (Å²) in [6.07, 6.45) is 0.626. The van der Waals surface area contributed by atoms with E-state index in [2.05, 4.69) is 0 Å². The molecule has 3 aromatic rings. The minimum absolute atomic E-state index is 0.213. The van der Waals surface area contributed by atoms with Crippen molar-refractivity contribution in [1.82, 2.24) is 4.90 Å². The van der Waals surface area contributed by atoms with Crippen molar-refractivity contribution < 1.29 is 18.7 Å². The molecule has 0 saturated carbocycles. The van der Waals surface area contributed by atoms with Crippen LogP contribution in [0.2, 0.25) is 0 Å². The van der Waals surface area contributed by atoms with Crippen LogP contribution in [0.15, 0.2) is 72.8 Å². The van der Waals surface area contributed by atoms with E-state index in [0.29, 0.717) is 25.1 Å². The summed E-state index contributed by atoms with van der Waals surface area (Å²) >= 11 is 0. The number of ether oxygens (including phenoxy) is 2.